The fourth-order valence-electron chi connectivity index (χ4n) is 2.36. The van der Waals surface area contributed by atoms with Crippen molar-refractivity contribution in [3.05, 3.63) is 29.3 Å². The molecule has 18 heavy (non-hydrogen) atoms. The lowest BCUT2D eigenvalue weighted by Gasteiger charge is -2.20. The van der Waals surface area contributed by atoms with Crippen molar-refractivity contribution in [1.29, 1.82) is 0 Å². The first-order valence-electron chi connectivity index (χ1n) is 6.55. The minimum Gasteiger partial charge on any atom is -0.492 e. The Bertz CT molecular complexity index is 369. The monoisotopic (exact) mass is 268 g/mol. The molecule has 1 heterocycles. The van der Waals surface area contributed by atoms with Crippen molar-refractivity contribution in [3.63, 3.8) is 0 Å². The number of likely N-dealkylation sites (tertiary alicyclic amines) is 1. The summed E-state index contributed by atoms with van der Waals surface area (Å²) in [6.07, 6.45) is 1.18. The number of halogens is 1. The number of hydrogen-bond donors (Lipinski definition) is 1. The van der Waals surface area contributed by atoms with Crippen molar-refractivity contribution < 1.29 is 4.74 Å². The highest BCUT2D eigenvalue weighted by Gasteiger charge is 2.26. The van der Waals surface area contributed by atoms with Gasteiger partial charge < -0.3 is 15.4 Å². The normalized spacial score (nSPS) is 22.1. The van der Waals surface area contributed by atoms with E-state index in [0.717, 1.165) is 30.4 Å². The van der Waals surface area contributed by atoms with Crippen molar-refractivity contribution in [2.75, 3.05) is 26.2 Å². The van der Waals surface area contributed by atoms with Crippen LogP contribution in [0.25, 0.3) is 0 Å². The molecule has 1 saturated heterocycles. The number of ether oxygens (including phenoxy) is 1. The lowest BCUT2D eigenvalue weighted by Crippen LogP contribution is -2.37. The van der Waals surface area contributed by atoms with E-state index in [-0.39, 0.29) is 6.04 Å². The van der Waals surface area contributed by atoms with Crippen molar-refractivity contribution in [2.45, 2.75) is 19.4 Å². The summed E-state index contributed by atoms with van der Waals surface area (Å²) in [6.45, 7) is 6.14. The molecule has 1 aliphatic rings. The predicted molar refractivity (Wildman–Crippen MR) is 75.1 cm³/mol. The fraction of sp³-hybridized carbons (Fsp3) is 0.571. The Morgan fingerprint density at radius 2 is 2.17 bits per heavy atom. The molecule has 100 valence electrons. The summed E-state index contributed by atoms with van der Waals surface area (Å²) < 4.78 is 5.70. The van der Waals surface area contributed by atoms with E-state index in [2.05, 4.69) is 11.8 Å². The second-order valence-electron chi connectivity index (χ2n) is 4.87. The largest absolute Gasteiger partial charge is 0.492 e. The van der Waals surface area contributed by atoms with Gasteiger partial charge in [-0.05, 0) is 49.7 Å². The first-order chi connectivity index (χ1) is 8.69. The summed E-state index contributed by atoms with van der Waals surface area (Å²) in [4.78, 5) is 2.44. The van der Waals surface area contributed by atoms with Crippen LogP contribution in [0.15, 0.2) is 24.3 Å². The predicted octanol–water partition coefficient (Wildman–Crippen LogP) is 2.39. The summed E-state index contributed by atoms with van der Waals surface area (Å²) in [6, 6.07) is 7.52. The van der Waals surface area contributed by atoms with E-state index in [1.165, 1.54) is 6.42 Å². The van der Waals surface area contributed by atoms with Crippen LogP contribution in [0.1, 0.15) is 13.3 Å². The molecule has 2 unspecified atom stereocenters. The van der Waals surface area contributed by atoms with E-state index in [4.69, 9.17) is 22.1 Å². The lowest BCUT2D eigenvalue weighted by atomic mass is 10.0. The zero-order chi connectivity index (χ0) is 13.0. The molecule has 0 saturated carbocycles. The van der Waals surface area contributed by atoms with Crippen LogP contribution in [0.5, 0.6) is 5.75 Å². The van der Waals surface area contributed by atoms with Crippen LogP contribution in [0.4, 0.5) is 0 Å². The minimum absolute atomic E-state index is 0.109. The molecule has 0 radical (unpaired) electrons. The Morgan fingerprint density at radius 3 is 2.78 bits per heavy atom. The molecule has 2 rings (SSSR count). The second-order valence-corrected chi connectivity index (χ2v) is 5.31. The van der Waals surface area contributed by atoms with Gasteiger partial charge in [0.1, 0.15) is 12.4 Å². The van der Waals surface area contributed by atoms with Gasteiger partial charge in [-0.25, -0.2) is 0 Å². The van der Waals surface area contributed by atoms with Gasteiger partial charge in [0.2, 0.25) is 0 Å². The van der Waals surface area contributed by atoms with Gasteiger partial charge in [-0.15, -0.1) is 0 Å². The SMILES string of the molecule is CCN1CCC(C(N)COc2ccc(Cl)cc2)C1. The average Bonchev–Trinajstić information content (AvgIpc) is 2.86. The van der Waals surface area contributed by atoms with Gasteiger partial charge >= 0.3 is 0 Å². The maximum absolute atomic E-state index is 6.20. The molecule has 1 aromatic carbocycles. The van der Waals surface area contributed by atoms with Crippen molar-refractivity contribution in [3.8, 4) is 5.75 Å². The topological polar surface area (TPSA) is 38.5 Å². The number of rotatable bonds is 5. The highest BCUT2D eigenvalue weighted by molar-refractivity contribution is 6.30. The van der Waals surface area contributed by atoms with E-state index in [0.29, 0.717) is 12.5 Å². The van der Waals surface area contributed by atoms with Crippen molar-refractivity contribution >= 4 is 11.6 Å². The smallest absolute Gasteiger partial charge is 0.119 e. The fourth-order valence-corrected chi connectivity index (χ4v) is 2.48. The zero-order valence-corrected chi connectivity index (χ0v) is 11.6. The minimum atomic E-state index is 0.109. The Morgan fingerprint density at radius 1 is 1.44 bits per heavy atom. The molecule has 4 heteroatoms. The molecular weight excluding hydrogens is 248 g/mol. The Balaban J connectivity index is 1.78. The van der Waals surface area contributed by atoms with Gasteiger partial charge in [0.25, 0.3) is 0 Å². The van der Waals surface area contributed by atoms with Crippen LogP contribution in [-0.2, 0) is 0 Å². The molecular formula is C14H21ClN2O. The summed E-state index contributed by atoms with van der Waals surface area (Å²) in [5, 5.41) is 0.723. The number of benzene rings is 1. The van der Waals surface area contributed by atoms with Crippen LogP contribution in [0.2, 0.25) is 5.02 Å². The number of nitrogens with zero attached hydrogens (tertiary/aromatic N) is 1. The molecule has 1 aromatic rings. The quantitative estimate of drug-likeness (QED) is 0.891. The van der Waals surface area contributed by atoms with E-state index in [1.807, 2.05) is 24.3 Å². The van der Waals surface area contributed by atoms with Crippen LogP contribution < -0.4 is 10.5 Å². The third-order valence-electron chi connectivity index (χ3n) is 3.62. The van der Waals surface area contributed by atoms with E-state index < -0.39 is 0 Å². The van der Waals surface area contributed by atoms with Crippen LogP contribution in [-0.4, -0.2) is 37.2 Å². The standard InChI is InChI=1S/C14H21ClN2O/c1-2-17-8-7-11(9-17)14(16)10-18-13-5-3-12(15)4-6-13/h3-6,11,14H,2,7-10,16H2,1H3. The summed E-state index contributed by atoms with van der Waals surface area (Å²) in [5.74, 6) is 1.39. The number of nitrogens with two attached hydrogens (primary N) is 1. The molecule has 1 aliphatic heterocycles. The third kappa shape index (κ3) is 3.61. The molecule has 2 N–H and O–H groups in total. The highest BCUT2D eigenvalue weighted by atomic mass is 35.5. The van der Waals surface area contributed by atoms with E-state index >= 15 is 0 Å². The molecule has 0 aliphatic carbocycles. The summed E-state index contributed by atoms with van der Waals surface area (Å²) in [7, 11) is 0. The maximum Gasteiger partial charge on any atom is 0.119 e. The Hall–Kier alpha value is -0.770. The van der Waals surface area contributed by atoms with E-state index in [9.17, 15) is 0 Å². The van der Waals surface area contributed by atoms with Crippen molar-refractivity contribution in [1.82, 2.24) is 4.90 Å². The maximum atomic E-state index is 6.20. The van der Waals surface area contributed by atoms with Gasteiger partial charge in [0.15, 0.2) is 0 Å². The zero-order valence-electron chi connectivity index (χ0n) is 10.8. The van der Waals surface area contributed by atoms with E-state index in [1.54, 1.807) is 0 Å². The molecule has 0 bridgehead atoms. The summed E-state index contributed by atoms with van der Waals surface area (Å²) >= 11 is 5.82. The molecule has 0 amide bonds. The van der Waals surface area contributed by atoms with Gasteiger partial charge in [0.05, 0.1) is 0 Å². The first-order valence-corrected chi connectivity index (χ1v) is 6.93. The van der Waals surface area contributed by atoms with Crippen LogP contribution in [0, 0.1) is 5.92 Å². The Labute approximate surface area is 114 Å². The molecule has 1 fully saturated rings. The first kappa shape index (κ1) is 13.7. The summed E-state index contributed by atoms with van der Waals surface area (Å²) in [5.41, 5.74) is 6.20. The van der Waals surface area contributed by atoms with Crippen LogP contribution in [0.3, 0.4) is 0 Å². The van der Waals surface area contributed by atoms with Gasteiger partial charge in [-0.3, -0.25) is 0 Å². The van der Waals surface area contributed by atoms with Crippen LogP contribution >= 0.6 is 11.6 Å². The molecule has 3 nitrogen and oxygen atoms in total. The molecule has 0 spiro atoms. The van der Waals surface area contributed by atoms with Gasteiger partial charge in [-0.2, -0.15) is 0 Å². The Kier molecular flexibility index (Phi) is 4.87. The van der Waals surface area contributed by atoms with Crippen molar-refractivity contribution in [2.24, 2.45) is 11.7 Å². The third-order valence-corrected chi connectivity index (χ3v) is 3.87. The average molecular weight is 269 g/mol. The van der Waals surface area contributed by atoms with Gasteiger partial charge in [0, 0.05) is 17.6 Å². The lowest BCUT2D eigenvalue weighted by molar-refractivity contribution is 0.241. The van der Waals surface area contributed by atoms with Gasteiger partial charge in [-0.1, -0.05) is 18.5 Å². The highest BCUT2D eigenvalue weighted by Crippen LogP contribution is 2.20. The molecule has 2 atom stereocenters. The second kappa shape index (κ2) is 6.41. The molecule has 0 aromatic heterocycles. The number of hydrogen-bond acceptors (Lipinski definition) is 3.